The lowest BCUT2D eigenvalue weighted by Gasteiger charge is -2.28. The van der Waals surface area contributed by atoms with Gasteiger partial charge in [0.1, 0.15) is 0 Å². The van der Waals surface area contributed by atoms with Crippen LogP contribution in [0.5, 0.6) is 0 Å². The normalized spacial score (nSPS) is 17.1. The van der Waals surface area contributed by atoms with Gasteiger partial charge in [0.2, 0.25) is 0 Å². The molecule has 0 aliphatic rings. The van der Waals surface area contributed by atoms with Crippen molar-refractivity contribution in [3.63, 3.8) is 0 Å². The largest absolute Gasteiger partial charge is 0.394 e. The maximum absolute atomic E-state index is 9.34. The fourth-order valence-corrected chi connectivity index (χ4v) is 2.13. The van der Waals surface area contributed by atoms with Gasteiger partial charge in [0.25, 0.3) is 0 Å². The van der Waals surface area contributed by atoms with Gasteiger partial charge in [0.15, 0.2) is 0 Å². The van der Waals surface area contributed by atoms with Gasteiger partial charge in [-0.05, 0) is 45.6 Å². The van der Waals surface area contributed by atoms with Gasteiger partial charge in [-0.25, -0.2) is 0 Å². The molecule has 0 saturated carbocycles. The third kappa shape index (κ3) is 8.58. The Kier molecular flexibility index (Phi) is 8.83. The lowest BCUT2D eigenvalue weighted by molar-refractivity contribution is 0.0435. The van der Waals surface area contributed by atoms with Crippen molar-refractivity contribution < 1.29 is 9.84 Å². The topological polar surface area (TPSA) is 41.5 Å². The number of nitrogens with one attached hydrogen (secondary N) is 1. The van der Waals surface area contributed by atoms with Crippen molar-refractivity contribution in [2.24, 2.45) is 5.92 Å². The summed E-state index contributed by atoms with van der Waals surface area (Å²) < 4.78 is 5.76. The molecule has 0 heterocycles. The summed E-state index contributed by atoms with van der Waals surface area (Å²) in [5.74, 6) is 0.689. The minimum Gasteiger partial charge on any atom is -0.394 e. The Bertz CT molecular complexity index is 185. The summed E-state index contributed by atoms with van der Waals surface area (Å²) in [5.41, 5.74) is -0.153. The number of rotatable bonds is 10. The molecule has 0 amide bonds. The summed E-state index contributed by atoms with van der Waals surface area (Å²) in [6.07, 6.45) is 3.40. The molecular formula is C14H31NO2. The van der Waals surface area contributed by atoms with E-state index in [1.807, 2.05) is 0 Å². The number of likely N-dealkylation sites (N-methyl/N-ethyl adjacent to an activating group) is 1. The zero-order valence-corrected chi connectivity index (χ0v) is 12.3. The molecule has 2 unspecified atom stereocenters. The summed E-state index contributed by atoms with van der Waals surface area (Å²) in [4.78, 5) is 0. The van der Waals surface area contributed by atoms with Gasteiger partial charge >= 0.3 is 0 Å². The molecule has 0 aliphatic heterocycles. The number of hydrogen-bond donors (Lipinski definition) is 2. The molecule has 0 bridgehead atoms. The Morgan fingerprint density at radius 1 is 1.29 bits per heavy atom. The van der Waals surface area contributed by atoms with Crippen LogP contribution < -0.4 is 5.32 Å². The smallest absolute Gasteiger partial charge is 0.0610 e. The molecule has 0 rings (SSSR count). The fourth-order valence-electron chi connectivity index (χ4n) is 2.13. The van der Waals surface area contributed by atoms with Gasteiger partial charge in [-0.15, -0.1) is 0 Å². The number of ether oxygens (including phenoxy) is 1. The molecule has 3 heteroatoms. The highest BCUT2D eigenvalue weighted by Crippen LogP contribution is 2.13. The predicted octanol–water partition coefficient (Wildman–Crippen LogP) is 2.58. The van der Waals surface area contributed by atoms with E-state index in [9.17, 15) is 5.11 Å². The summed E-state index contributed by atoms with van der Waals surface area (Å²) in [5, 5.41) is 12.7. The quantitative estimate of drug-likeness (QED) is 0.581. The maximum Gasteiger partial charge on any atom is 0.0610 e. The first-order chi connectivity index (χ1) is 7.93. The number of hydrogen-bond acceptors (Lipinski definition) is 3. The van der Waals surface area contributed by atoms with Gasteiger partial charge in [-0.1, -0.05) is 20.8 Å². The van der Waals surface area contributed by atoms with E-state index in [1.54, 1.807) is 0 Å². The van der Waals surface area contributed by atoms with Crippen LogP contribution in [0, 0.1) is 5.92 Å². The predicted molar refractivity (Wildman–Crippen MR) is 73.3 cm³/mol. The van der Waals surface area contributed by atoms with Crippen LogP contribution in [0.25, 0.3) is 0 Å². The van der Waals surface area contributed by atoms with E-state index >= 15 is 0 Å². The Morgan fingerprint density at radius 3 is 2.41 bits per heavy atom. The minimum absolute atomic E-state index is 0.153. The van der Waals surface area contributed by atoms with Crippen LogP contribution in [0.2, 0.25) is 0 Å². The lowest BCUT2D eigenvalue weighted by atomic mass is 9.97. The highest BCUT2D eigenvalue weighted by molar-refractivity contribution is 4.81. The van der Waals surface area contributed by atoms with Crippen molar-refractivity contribution in [2.45, 2.75) is 65.5 Å². The lowest BCUT2D eigenvalue weighted by Crippen LogP contribution is -2.45. The second kappa shape index (κ2) is 8.90. The zero-order chi connectivity index (χ0) is 13.3. The maximum atomic E-state index is 9.34. The Balaban J connectivity index is 3.68. The first-order valence-corrected chi connectivity index (χ1v) is 6.91. The molecule has 2 N–H and O–H groups in total. The molecule has 0 spiro atoms. The molecule has 0 aromatic heterocycles. The second-order valence-corrected chi connectivity index (χ2v) is 5.66. The molecule has 0 fully saturated rings. The molecule has 3 nitrogen and oxygen atoms in total. The number of aliphatic hydroxyl groups is 1. The monoisotopic (exact) mass is 245 g/mol. The average Bonchev–Trinajstić information content (AvgIpc) is 2.24. The molecule has 0 aromatic carbocycles. The van der Waals surface area contributed by atoms with E-state index in [-0.39, 0.29) is 12.1 Å². The van der Waals surface area contributed by atoms with Gasteiger partial charge in [-0.2, -0.15) is 0 Å². The van der Waals surface area contributed by atoms with E-state index in [4.69, 9.17) is 4.74 Å². The van der Waals surface area contributed by atoms with Gasteiger partial charge in [0, 0.05) is 12.1 Å². The standard InChI is InChI=1S/C14H31NO2/c1-6-15-14(5,11-16)8-7-9-17-13(4)10-12(2)3/h12-13,15-16H,6-11H2,1-5H3. The number of aliphatic hydroxyl groups excluding tert-OH is 1. The second-order valence-electron chi connectivity index (χ2n) is 5.66. The third-order valence-electron chi connectivity index (χ3n) is 3.03. The molecule has 2 atom stereocenters. The minimum atomic E-state index is -0.153. The summed E-state index contributed by atoms with van der Waals surface area (Å²) >= 11 is 0. The average molecular weight is 245 g/mol. The van der Waals surface area contributed by atoms with Crippen molar-refractivity contribution >= 4 is 0 Å². The van der Waals surface area contributed by atoms with E-state index < -0.39 is 0 Å². The van der Waals surface area contributed by atoms with Crippen LogP contribution in [0.4, 0.5) is 0 Å². The van der Waals surface area contributed by atoms with Crippen molar-refractivity contribution in [3.8, 4) is 0 Å². The van der Waals surface area contributed by atoms with Crippen LogP contribution in [0.3, 0.4) is 0 Å². The van der Waals surface area contributed by atoms with E-state index in [0.717, 1.165) is 32.4 Å². The highest BCUT2D eigenvalue weighted by atomic mass is 16.5. The molecule has 0 saturated heterocycles. The Labute approximate surface area is 107 Å². The summed E-state index contributed by atoms with van der Waals surface area (Å²) in [6, 6.07) is 0. The SMILES string of the molecule is CCNC(C)(CO)CCCOC(C)CC(C)C. The fraction of sp³-hybridized carbons (Fsp3) is 1.00. The van der Waals surface area contributed by atoms with Gasteiger partial charge < -0.3 is 15.2 Å². The van der Waals surface area contributed by atoms with Gasteiger partial charge in [0.05, 0.1) is 12.7 Å². The first kappa shape index (κ1) is 16.9. The molecule has 104 valence electrons. The molecular weight excluding hydrogens is 214 g/mol. The molecule has 0 radical (unpaired) electrons. The Morgan fingerprint density at radius 2 is 1.94 bits per heavy atom. The first-order valence-electron chi connectivity index (χ1n) is 6.91. The van der Waals surface area contributed by atoms with Crippen molar-refractivity contribution in [2.75, 3.05) is 19.8 Å². The van der Waals surface area contributed by atoms with Crippen molar-refractivity contribution in [3.05, 3.63) is 0 Å². The molecule has 0 aromatic rings. The third-order valence-corrected chi connectivity index (χ3v) is 3.03. The highest BCUT2D eigenvalue weighted by Gasteiger charge is 2.21. The summed E-state index contributed by atoms with van der Waals surface area (Å²) in [6.45, 7) is 12.6. The van der Waals surface area contributed by atoms with E-state index in [1.165, 1.54) is 0 Å². The van der Waals surface area contributed by atoms with Crippen molar-refractivity contribution in [1.82, 2.24) is 5.32 Å². The van der Waals surface area contributed by atoms with Crippen molar-refractivity contribution in [1.29, 1.82) is 0 Å². The Hall–Kier alpha value is -0.120. The van der Waals surface area contributed by atoms with Crippen LogP contribution >= 0.6 is 0 Å². The van der Waals surface area contributed by atoms with Crippen LogP contribution in [0.15, 0.2) is 0 Å². The summed E-state index contributed by atoms with van der Waals surface area (Å²) in [7, 11) is 0. The van der Waals surface area contributed by atoms with Gasteiger partial charge in [-0.3, -0.25) is 0 Å². The molecule has 17 heavy (non-hydrogen) atoms. The zero-order valence-electron chi connectivity index (χ0n) is 12.3. The van der Waals surface area contributed by atoms with Crippen LogP contribution in [-0.4, -0.2) is 36.5 Å². The van der Waals surface area contributed by atoms with Crippen LogP contribution in [0.1, 0.15) is 53.9 Å². The molecule has 0 aliphatic carbocycles. The van der Waals surface area contributed by atoms with E-state index in [2.05, 4.69) is 39.9 Å². The van der Waals surface area contributed by atoms with E-state index in [0.29, 0.717) is 12.0 Å². The van der Waals surface area contributed by atoms with Crippen LogP contribution in [-0.2, 0) is 4.74 Å².